The number of benzene rings is 8. The highest BCUT2D eigenvalue weighted by atomic mass is 32.1. The van der Waals surface area contributed by atoms with Gasteiger partial charge in [-0.25, -0.2) is 0 Å². The highest BCUT2D eigenvalue weighted by Gasteiger charge is 2.38. The zero-order chi connectivity index (χ0) is 36.3. The summed E-state index contributed by atoms with van der Waals surface area (Å²) in [6, 6.07) is 61.7. The van der Waals surface area contributed by atoms with E-state index in [-0.39, 0.29) is 10.8 Å². The van der Waals surface area contributed by atoms with Crippen LogP contribution in [0.1, 0.15) is 49.9 Å². The third kappa shape index (κ3) is 4.38. The van der Waals surface area contributed by atoms with Gasteiger partial charge in [-0.2, -0.15) is 0 Å². The Bertz CT molecular complexity index is 2910. The lowest BCUT2D eigenvalue weighted by atomic mass is 9.82. The van der Waals surface area contributed by atoms with Crippen molar-refractivity contribution < 1.29 is 0 Å². The molecule has 0 N–H and O–H groups in total. The number of hydrogen-bond acceptors (Lipinski definition) is 2. The van der Waals surface area contributed by atoms with Crippen molar-refractivity contribution in [3.8, 4) is 33.4 Å². The van der Waals surface area contributed by atoms with Crippen LogP contribution in [0.2, 0.25) is 0 Å². The topological polar surface area (TPSA) is 3.24 Å². The average molecular weight is 710 g/mol. The van der Waals surface area contributed by atoms with E-state index in [9.17, 15) is 0 Å². The van der Waals surface area contributed by atoms with Crippen LogP contribution in [0.15, 0.2) is 164 Å². The van der Waals surface area contributed by atoms with Gasteiger partial charge in [-0.1, -0.05) is 143 Å². The molecular formula is C52H39NS. The Hall–Kier alpha value is -5.96. The average Bonchev–Trinajstić information content (AvgIpc) is 3.77. The number of nitrogens with zero attached hydrogens (tertiary/aromatic N) is 1. The minimum Gasteiger partial charge on any atom is -0.310 e. The van der Waals surface area contributed by atoms with Gasteiger partial charge in [0.1, 0.15) is 0 Å². The van der Waals surface area contributed by atoms with Crippen LogP contribution in [0.3, 0.4) is 0 Å². The summed E-state index contributed by atoms with van der Waals surface area (Å²) < 4.78 is 2.62. The maximum absolute atomic E-state index is 2.55. The van der Waals surface area contributed by atoms with Gasteiger partial charge in [0.2, 0.25) is 0 Å². The Morgan fingerprint density at radius 3 is 1.65 bits per heavy atom. The lowest BCUT2D eigenvalue weighted by Crippen LogP contribution is -2.18. The first-order valence-corrected chi connectivity index (χ1v) is 19.8. The monoisotopic (exact) mass is 709 g/mol. The molecule has 0 unspecified atom stereocenters. The molecule has 0 aliphatic heterocycles. The zero-order valence-corrected chi connectivity index (χ0v) is 31.8. The van der Waals surface area contributed by atoms with Crippen molar-refractivity contribution in [2.45, 2.75) is 38.5 Å². The molecule has 2 heteroatoms. The molecular weight excluding hydrogens is 671 g/mol. The quantitative estimate of drug-likeness (QED) is 0.176. The molecule has 1 nitrogen and oxygen atoms in total. The number of rotatable bonds is 4. The third-order valence-corrected chi connectivity index (χ3v) is 13.6. The first-order chi connectivity index (χ1) is 26.3. The summed E-state index contributed by atoms with van der Waals surface area (Å²) >= 11 is 1.89. The predicted molar refractivity (Wildman–Crippen MR) is 232 cm³/mol. The molecule has 8 aromatic carbocycles. The molecule has 2 aliphatic rings. The molecule has 0 radical (unpaired) electrons. The van der Waals surface area contributed by atoms with Crippen molar-refractivity contribution in [1.82, 2.24) is 0 Å². The minimum atomic E-state index is -0.121. The van der Waals surface area contributed by atoms with Crippen molar-refractivity contribution in [3.05, 3.63) is 186 Å². The Labute approximate surface area is 320 Å². The van der Waals surface area contributed by atoms with E-state index in [1.54, 1.807) is 0 Å². The molecule has 0 saturated heterocycles. The second-order valence-corrected chi connectivity index (χ2v) is 17.2. The van der Waals surface area contributed by atoms with Crippen molar-refractivity contribution in [3.63, 3.8) is 0 Å². The fourth-order valence-corrected chi connectivity index (χ4v) is 10.8. The third-order valence-electron chi connectivity index (χ3n) is 12.5. The van der Waals surface area contributed by atoms with Crippen molar-refractivity contribution in [2.75, 3.05) is 4.90 Å². The summed E-state index contributed by atoms with van der Waals surface area (Å²) in [5, 5.41) is 5.12. The highest BCUT2D eigenvalue weighted by molar-refractivity contribution is 7.26. The molecule has 11 rings (SSSR count). The van der Waals surface area contributed by atoms with E-state index in [0.29, 0.717) is 0 Å². The fraction of sp³-hybridized carbons (Fsp3) is 0.115. The summed E-state index contributed by atoms with van der Waals surface area (Å²) in [6.07, 6.45) is 0. The number of anilines is 3. The van der Waals surface area contributed by atoms with E-state index < -0.39 is 0 Å². The molecule has 0 spiro atoms. The van der Waals surface area contributed by atoms with E-state index in [1.807, 2.05) is 11.3 Å². The molecule has 2 aliphatic carbocycles. The van der Waals surface area contributed by atoms with Crippen LogP contribution in [-0.4, -0.2) is 0 Å². The smallest absolute Gasteiger partial charge is 0.0547 e. The largest absolute Gasteiger partial charge is 0.310 e. The molecule has 0 bridgehead atoms. The lowest BCUT2D eigenvalue weighted by Gasteiger charge is -2.31. The van der Waals surface area contributed by atoms with Gasteiger partial charge in [0.15, 0.2) is 0 Å². The summed E-state index contributed by atoms with van der Waals surface area (Å²) in [6.45, 7) is 9.52. The minimum absolute atomic E-state index is 0.121. The normalized spacial score (nSPS) is 14.6. The highest BCUT2D eigenvalue weighted by Crippen LogP contribution is 2.55. The summed E-state index contributed by atoms with van der Waals surface area (Å²) in [4.78, 5) is 2.55. The molecule has 0 atom stereocenters. The van der Waals surface area contributed by atoms with Crippen LogP contribution in [0.5, 0.6) is 0 Å². The molecule has 0 fully saturated rings. The Kier molecular flexibility index (Phi) is 6.59. The first kappa shape index (κ1) is 31.6. The number of thiophene rings is 1. The Morgan fingerprint density at radius 1 is 0.426 bits per heavy atom. The molecule has 0 saturated carbocycles. The summed E-state index contributed by atoms with van der Waals surface area (Å²) in [5.41, 5.74) is 16.6. The van der Waals surface area contributed by atoms with Crippen molar-refractivity contribution in [1.29, 1.82) is 0 Å². The van der Waals surface area contributed by atoms with Crippen LogP contribution in [0, 0.1) is 0 Å². The lowest BCUT2D eigenvalue weighted by molar-refractivity contribution is 0.660. The van der Waals surface area contributed by atoms with Gasteiger partial charge in [0, 0.05) is 47.9 Å². The van der Waals surface area contributed by atoms with Gasteiger partial charge in [-0.3, -0.25) is 0 Å². The van der Waals surface area contributed by atoms with Crippen molar-refractivity contribution >= 4 is 59.3 Å². The van der Waals surface area contributed by atoms with Crippen LogP contribution < -0.4 is 4.90 Å². The van der Waals surface area contributed by atoms with Gasteiger partial charge in [0.25, 0.3) is 0 Å². The SMILES string of the molecule is CC1(C)c2ccccc2-c2ccc(N(c3ccc4c(c3)C(C)(C)c3ccccc3-4)c3ccc4sc5ccccc5c4c3-c3ccc4ccccc4c3)cc21. The standard InChI is InChI=1S/C52H39NS/c1-51(2)42-18-10-7-15-37(42)39-25-23-35(30-44(39)51)53(36-24-26-40-38-16-8-11-19-43(38)52(3,4)45(40)31-36)46-27-28-48-50(41-17-9-12-20-47(41)54-48)49(46)34-22-21-32-13-5-6-14-33(32)29-34/h5-31H,1-4H3. The van der Waals surface area contributed by atoms with Gasteiger partial charge in [-0.05, 0) is 109 Å². The first-order valence-electron chi connectivity index (χ1n) is 19.0. The van der Waals surface area contributed by atoms with E-state index in [4.69, 9.17) is 0 Å². The Balaban J connectivity index is 1.23. The summed E-state index contributed by atoms with van der Waals surface area (Å²) in [7, 11) is 0. The van der Waals surface area contributed by atoms with Gasteiger partial charge in [0.05, 0.1) is 5.69 Å². The number of fused-ring (bicyclic) bond motifs is 10. The van der Waals surface area contributed by atoms with E-state index in [1.165, 1.54) is 104 Å². The fourth-order valence-electron chi connectivity index (χ4n) is 9.72. The molecule has 54 heavy (non-hydrogen) atoms. The molecule has 1 aromatic heterocycles. The van der Waals surface area contributed by atoms with Crippen molar-refractivity contribution in [2.24, 2.45) is 0 Å². The van der Waals surface area contributed by atoms with Crippen LogP contribution >= 0.6 is 11.3 Å². The van der Waals surface area contributed by atoms with Gasteiger partial charge < -0.3 is 4.90 Å². The maximum Gasteiger partial charge on any atom is 0.0547 e. The van der Waals surface area contributed by atoms with Crippen LogP contribution in [0.4, 0.5) is 17.1 Å². The Morgan fingerprint density at radius 2 is 0.981 bits per heavy atom. The van der Waals surface area contributed by atoms with E-state index >= 15 is 0 Å². The number of hydrogen-bond donors (Lipinski definition) is 0. The van der Waals surface area contributed by atoms with Gasteiger partial charge in [-0.15, -0.1) is 11.3 Å². The zero-order valence-electron chi connectivity index (χ0n) is 30.9. The second kappa shape index (κ2) is 11.3. The van der Waals surface area contributed by atoms with Gasteiger partial charge >= 0.3 is 0 Å². The van der Waals surface area contributed by atoms with E-state index in [2.05, 4.69) is 196 Å². The molecule has 258 valence electrons. The summed E-state index contributed by atoms with van der Waals surface area (Å²) in [5.74, 6) is 0. The predicted octanol–water partition coefficient (Wildman–Crippen LogP) is 15.0. The van der Waals surface area contributed by atoms with Crippen LogP contribution in [-0.2, 0) is 10.8 Å². The van der Waals surface area contributed by atoms with E-state index in [0.717, 1.165) is 0 Å². The second-order valence-electron chi connectivity index (χ2n) is 16.1. The molecule has 0 amide bonds. The van der Waals surface area contributed by atoms with Crippen LogP contribution in [0.25, 0.3) is 64.3 Å². The molecule has 9 aromatic rings. The molecule has 1 heterocycles. The maximum atomic E-state index is 2.55.